The van der Waals surface area contributed by atoms with Gasteiger partial charge in [-0.2, -0.15) is 5.10 Å². The summed E-state index contributed by atoms with van der Waals surface area (Å²) in [6.45, 7) is 4.28. The third-order valence-corrected chi connectivity index (χ3v) is 6.13. The first kappa shape index (κ1) is 20.8. The first-order valence-corrected chi connectivity index (χ1v) is 10.9. The Hall–Kier alpha value is -3.51. The van der Waals surface area contributed by atoms with Crippen molar-refractivity contribution in [2.75, 3.05) is 18.4 Å². The minimum absolute atomic E-state index is 0.0467. The standard InChI is InChI=1S/C19H21N7O4S/c1-12-10-13(2)26(24-12)18-7-6-17(22-23-18)20-8-9-21-31(28,29)14-4-5-16-15(11-14)25(3)19(27)30-16/h4-7,10-11,21H,8-9H2,1-3H3,(H,20,22). The first-order valence-electron chi connectivity index (χ1n) is 9.45. The number of rotatable bonds is 7. The zero-order chi connectivity index (χ0) is 22.2. The summed E-state index contributed by atoms with van der Waals surface area (Å²) >= 11 is 0. The van der Waals surface area contributed by atoms with Gasteiger partial charge < -0.3 is 9.73 Å². The summed E-state index contributed by atoms with van der Waals surface area (Å²) in [6.07, 6.45) is 0. The van der Waals surface area contributed by atoms with Crippen molar-refractivity contribution >= 4 is 26.9 Å². The molecule has 0 atom stereocenters. The number of nitrogens with one attached hydrogen (secondary N) is 2. The predicted molar refractivity (Wildman–Crippen MR) is 114 cm³/mol. The van der Waals surface area contributed by atoms with Gasteiger partial charge in [-0.25, -0.2) is 22.6 Å². The van der Waals surface area contributed by atoms with Crippen LogP contribution < -0.4 is 15.8 Å². The summed E-state index contributed by atoms with van der Waals surface area (Å²) in [5.41, 5.74) is 2.58. The van der Waals surface area contributed by atoms with E-state index in [-0.39, 0.29) is 11.4 Å². The summed E-state index contributed by atoms with van der Waals surface area (Å²) in [5.74, 6) is 0.562. The Labute approximate surface area is 177 Å². The molecule has 3 heterocycles. The molecule has 4 rings (SSSR count). The second kappa shape index (κ2) is 7.96. The lowest BCUT2D eigenvalue weighted by Crippen LogP contribution is -2.29. The minimum Gasteiger partial charge on any atom is -0.408 e. The molecule has 0 aliphatic rings. The van der Waals surface area contributed by atoms with Gasteiger partial charge in [0.2, 0.25) is 10.0 Å². The second-order valence-electron chi connectivity index (χ2n) is 7.00. The summed E-state index contributed by atoms with van der Waals surface area (Å²) in [6, 6.07) is 9.74. The highest BCUT2D eigenvalue weighted by Crippen LogP contribution is 2.17. The molecular formula is C19H21N7O4S. The number of aromatic nitrogens is 5. The lowest BCUT2D eigenvalue weighted by molar-refractivity contribution is 0.528. The third-order valence-electron chi connectivity index (χ3n) is 4.67. The van der Waals surface area contributed by atoms with E-state index in [0.717, 1.165) is 11.4 Å². The number of benzene rings is 1. The lowest BCUT2D eigenvalue weighted by Gasteiger charge is -2.09. The fourth-order valence-electron chi connectivity index (χ4n) is 3.13. The second-order valence-corrected chi connectivity index (χ2v) is 8.76. The largest absolute Gasteiger partial charge is 0.419 e. The molecule has 0 spiro atoms. The summed E-state index contributed by atoms with van der Waals surface area (Å²) in [4.78, 5) is 11.6. The van der Waals surface area contributed by atoms with Crippen LogP contribution >= 0.6 is 0 Å². The van der Waals surface area contributed by atoms with E-state index < -0.39 is 15.8 Å². The quantitative estimate of drug-likeness (QED) is 0.405. The van der Waals surface area contributed by atoms with Crippen molar-refractivity contribution in [1.82, 2.24) is 29.3 Å². The van der Waals surface area contributed by atoms with Gasteiger partial charge in [-0.3, -0.25) is 4.57 Å². The van der Waals surface area contributed by atoms with Gasteiger partial charge in [0.1, 0.15) is 5.82 Å². The van der Waals surface area contributed by atoms with Crippen molar-refractivity contribution in [1.29, 1.82) is 0 Å². The fraction of sp³-hybridized carbons (Fsp3) is 0.263. The SMILES string of the molecule is Cc1cc(C)n(-c2ccc(NCCNS(=O)(=O)c3ccc4oc(=O)n(C)c4c3)nn2)n1. The molecule has 0 bridgehead atoms. The molecule has 0 saturated carbocycles. The molecular weight excluding hydrogens is 422 g/mol. The lowest BCUT2D eigenvalue weighted by atomic mass is 10.3. The third kappa shape index (κ3) is 4.20. The van der Waals surface area contributed by atoms with Crippen LogP contribution in [-0.4, -0.2) is 46.1 Å². The summed E-state index contributed by atoms with van der Waals surface area (Å²) in [7, 11) is -2.24. The Morgan fingerprint density at radius 3 is 2.55 bits per heavy atom. The normalized spacial score (nSPS) is 11.8. The highest BCUT2D eigenvalue weighted by Gasteiger charge is 2.16. The summed E-state index contributed by atoms with van der Waals surface area (Å²) in [5, 5.41) is 15.6. The van der Waals surface area contributed by atoms with Crippen molar-refractivity contribution in [3.05, 3.63) is 58.3 Å². The number of nitrogens with zero attached hydrogens (tertiary/aromatic N) is 5. The average Bonchev–Trinajstić information content (AvgIpc) is 3.23. The van der Waals surface area contributed by atoms with Gasteiger partial charge in [-0.1, -0.05) is 0 Å². The molecule has 2 N–H and O–H groups in total. The van der Waals surface area contributed by atoms with Crippen LogP contribution in [0.15, 0.2) is 50.5 Å². The van der Waals surface area contributed by atoms with Gasteiger partial charge in [0.25, 0.3) is 0 Å². The zero-order valence-corrected chi connectivity index (χ0v) is 18.0. The predicted octanol–water partition coefficient (Wildman–Crippen LogP) is 1.11. The number of fused-ring (bicyclic) bond motifs is 1. The number of sulfonamides is 1. The molecule has 3 aromatic heterocycles. The minimum atomic E-state index is -3.75. The smallest absolute Gasteiger partial charge is 0.408 e. The van der Waals surface area contributed by atoms with E-state index in [9.17, 15) is 13.2 Å². The number of aryl methyl sites for hydroxylation is 3. The van der Waals surface area contributed by atoms with Gasteiger partial charge >= 0.3 is 5.76 Å². The maximum Gasteiger partial charge on any atom is 0.419 e. The zero-order valence-electron chi connectivity index (χ0n) is 17.2. The number of hydrogen-bond acceptors (Lipinski definition) is 8. The van der Waals surface area contributed by atoms with Crippen LogP contribution in [0.25, 0.3) is 16.9 Å². The van der Waals surface area contributed by atoms with E-state index in [1.165, 1.54) is 29.8 Å². The van der Waals surface area contributed by atoms with Crippen molar-refractivity contribution in [2.24, 2.45) is 7.05 Å². The highest BCUT2D eigenvalue weighted by molar-refractivity contribution is 7.89. The van der Waals surface area contributed by atoms with E-state index >= 15 is 0 Å². The topological polar surface area (TPSA) is 137 Å². The van der Waals surface area contributed by atoms with Gasteiger partial charge in [0.05, 0.1) is 16.1 Å². The van der Waals surface area contributed by atoms with Gasteiger partial charge in [-0.15, -0.1) is 10.2 Å². The Morgan fingerprint density at radius 1 is 1.06 bits per heavy atom. The molecule has 4 aromatic rings. The molecule has 12 heteroatoms. The van der Waals surface area contributed by atoms with Crippen LogP contribution in [0.2, 0.25) is 0 Å². The Bertz CT molecular complexity index is 1400. The molecule has 31 heavy (non-hydrogen) atoms. The molecule has 0 radical (unpaired) electrons. The van der Waals surface area contributed by atoms with Crippen molar-refractivity contribution in [3.63, 3.8) is 0 Å². The van der Waals surface area contributed by atoms with Crippen molar-refractivity contribution in [2.45, 2.75) is 18.7 Å². The molecule has 162 valence electrons. The Kier molecular flexibility index (Phi) is 5.33. The summed E-state index contributed by atoms with van der Waals surface area (Å²) < 4.78 is 35.6. The van der Waals surface area contributed by atoms with Gasteiger partial charge in [0.15, 0.2) is 11.4 Å². The van der Waals surface area contributed by atoms with E-state index in [2.05, 4.69) is 25.3 Å². The van der Waals surface area contributed by atoms with Crippen LogP contribution in [0.5, 0.6) is 0 Å². The molecule has 0 amide bonds. The van der Waals surface area contributed by atoms with Crippen LogP contribution in [0.3, 0.4) is 0 Å². The van der Waals surface area contributed by atoms with E-state index in [0.29, 0.717) is 29.3 Å². The molecule has 11 nitrogen and oxygen atoms in total. The number of oxazole rings is 1. The van der Waals surface area contributed by atoms with E-state index in [4.69, 9.17) is 4.42 Å². The fourth-order valence-corrected chi connectivity index (χ4v) is 4.18. The first-order chi connectivity index (χ1) is 14.7. The van der Waals surface area contributed by atoms with Crippen molar-refractivity contribution in [3.8, 4) is 5.82 Å². The van der Waals surface area contributed by atoms with Gasteiger partial charge in [-0.05, 0) is 50.2 Å². The maximum absolute atomic E-state index is 12.5. The van der Waals surface area contributed by atoms with Crippen molar-refractivity contribution < 1.29 is 12.8 Å². The van der Waals surface area contributed by atoms with Crippen LogP contribution in [0, 0.1) is 13.8 Å². The molecule has 0 aliphatic carbocycles. The van der Waals surface area contributed by atoms with Crippen LogP contribution in [0.1, 0.15) is 11.4 Å². The average molecular weight is 443 g/mol. The Balaban J connectivity index is 1.36. The molecule has 0 unspecified atom stereocenters. The highest BCUT2D eigenvalue weighted by atomic mass is 32.2. The van der Waals surface area contributed by atoms with Crippen LogP contribution in [0.4, 0.5) is 5.82 Å². The van der Waals surface area contributed by atoms with Crippen LogP contribution in [-0.2, 0) is 17.1 Å². The van der Waals surface area contributed by atoms with Gasteiger partial charge in [0, 0.05) is 25.8 Å². The molecule has 0 saturated heterocycles. The number of anilines is 1. The molecule has 1 aromatic carbocycles. The number of hydrogen-bond donors (Lipinski definition) is 2. The maximum atomic E-state index is 12.5. The Morgan fingerprint density at radius 2 is 1.87 bits per heavy atom. The monoisotopic (exact) mass is 443 g/mol. The molecule has 0 aliphatic heterocycles. The molecule has 0 fully saturated rings. The van der Waals surface area contributed by atoms with E-state index in [1.807, 2.05) is 19.9 Å². The van der Waals surface area contributed by atoms with E-state index in [1.54, 1.807) is 16.8 Å².